The number of carbonyl (C=O) groups excluding carboxylic acids is 2. The number of Topliss-reactive ketones (excluding diaryl/α,β-unsaturated/α-hetero) is 1. The molecule has 1 aliphatic rings. The number of methoxy groups -OCH3 is 1. The van der Waals surface area contributed by atoms with Gasteiger partial charge in [0.15, 0.2) is 0 Å². The Balaban J connectivity index is 1.93. The number of rotatable bonds is 5. The van der Waals surface area contributed by atoms with Gasteiger partial charge in [-0.3, -0.25) is 14.6 Å². The first-order valence-corrected chi connectivity index (χ1v) is 11.1. The Morgan fingerprint density at radius 1 is 1.12 bits per heavy atom. The number of aromatic nitrogens is 1. The van der Waals surface area contributed by atoms with Crippen LogP contribution in [0, 0.1) is 20.8 Å². The van der Waals surface area contributed by atoms with Crippen molar-refractivity contribution in [3.8, 4) is 5.75 Å². The van der Waals surface area contributed by atoms with Gasteiger partial charge in [0.05, 0.1) is 18.2 Å². The predicted molar refractivity (Wildman–Crippen MR) is 124 cm³/mol. The highest BCUT2D eigenvalue weighted by Gasteiger charge is 2.47. The number of nitrogens with zero attached hydrogens (tertiary/aromatic N) is 2. The summed E-state index contributed by atoms with van der Waals surface area (Å²) < 4.78 is 5.54. The molecule has 0 spiro atoms. The number of pyridine rings is 1. The van der Waals surface area contributed by atoms with Crippen LogP contribution in [0.25, 0.3) is 5.76 Å². The van der Waals surface area contributed by atoms with E-state index in [0.29, 0.717) is 11.3 Å². The van der Waals surface area contributed by atoms with Crippen LogP contribution < -0.4 is 4.74 Å². The molecule has 1 saturated heterocycles. The maximum atomic E-state index is 13.2. The van der Waals surface area contributed by atoms with Crippen LogP contribution in [0.5, 0.6) is 5.75 Å². The summed E-state index contributed by atoms with van der Waals surface area (Å²) >= 11 is 1.46. The molecule has 3 aromatic rings. The molecule has 0 radical (unpaired) electrons. The summed E-state index contributed by atoms with van der Waals surface area (Å²) in [6, 6.07) is 8.60. The zero-order valence-electron chi connectivity index (χ0n) is 18.4. The Kier molecular flexibility index (Phi) is 5.84. The third-order valence-corrected chi connectivity index (χ3v) is 6.74. The molecular weight excluding hydrogens is 424 g/mol. The minimum Gasteiger partial charge on any atom is -0.507 e. The highest BCUT2D eigenvalue weighted by atomic mass is 32.1. The van der Waals surface area contributed by atoms with Crippen molar-refractivity contribution < 1.29 is 19.4 Å². The van der Waals surface area contributed by atoms with Gasteiger partial charge in [-0.25, -0.2) is 0 Å². The van der Waals surface area contributed by atoms with Crippen LogP contribution in [0.1, 0.15) is 38.7 Å². The minimum absolute atomic E-state index is 0.0814. The number of aliphatic hydroxyl groups excluding tert-OH is 1. The van der Waals surface area contributed by atoms with Crippen molar-refractivity contribution >= 4 is 28.8 Å². The van der Waals surface area contributed by atoms with E-state index in [1.54, 1.807) is 18.5 Å². The maximum absolute atomic E-state index is 13.2. The highest BCUT2D eigenvalue weighted by molar-refractivity contribution is 7.10. The number of hydrogen-bond acceptors (Lipinski definition) is 6. The quantitative estimate of drug-likeness (QED) is 0.348. The van der Waals surface area contributed by atoms with E-state index in [-0.39, 0.29) is 17.9 Å². The molecule has 6 nitrogen and oxygen atoms in total. The largest absolute Gasteiger partial charge is 0.507 e. The maximum Gasteiger partial charge on any atom is 0.295 e. The van der Waals surface area contributed by atoms with Gasteiger partial charge in [0.2, 0.25) is 0 Å². The minimum atomic E-state index is -0.699. The molecule has 4 rings (SSSR count). The molecule has 164 valence electrons. The van der Waals surface area contributed by atoms with Crippen molar-refractivity contribution in [2.75, 3.05) is 7.11 Å². The van der Waals surface area contributed by atoms with E-state index < -0.39 is 17.7 Å². The van der Waals surface area contributed by atoms with Crippen LogP contribution >= 0.6 is 11.3 Å². The van der Waals surface area contributed by atoms with Gasteiger partial charge in [0.25, 0.3) is 11.7 Å². The van der Waals surface area contributed by atoms with Crippen molar-refractivity contribution in [3.05, 3.63) is 86.4 Å². The third-order valence-electron chi connectivity index (χ3n) is 5.67. The lowest BCUT2D eigenvalue weighted by atomic mass is 9.96. The van der Waals surface area contributed by atoms with Gasteiger partial charge in [-0.1, -0.05) is 6.07 Å². The topological polar surface area (TPSA) is 79.7 Å². The van der Waals surface area contributed by atoms with Gasteiger partial charge in [0, 0.05) is 23.8 Å². The third kappa shape index (κ3) is 3.69. The van der Waals surface area contributed by atoms with Crippen molar-refractivity contribution in [1.29, 1.82) is 0 Å². The fourth-order valence-electron chi connectivity index (χ4n) is 4.21. The Labute approximate surface area is 190 Å². The standard InChI is InChI=1S/C25H24N2O4S/c1-14-11-16(3)23(31-4)18(12-14)21(28)19-20(24-15(2)7-10-32-24)27(25(30)22(19)29)13-17-5-8-26-9-6-17/h5-12,20,28H,13H2,1-4H3/b21-19+. The highest BCUT2D eigenvalue weighted by Crippen LogP contribution is 2.44. The number of carbonyl (C=O) groups is 2. The number of aliphatic hydroxyl groups is 1. The number of amides is 1. The van der Waals surface area contributed by atoms with E-state index in [1.165, 1.54) is 23.3 Å². The van der Waals surface area contributed by atoms with Gasteiger partial charge in [-0.15, -0.1) is 11.3 Å². The fourth-order valence-corrected chi connectivity index (χ4v) is 5.26. The second-order valence-electron chi connectivity index (χ2n) is 7.91. The first-order chi connectivity index (χ1) is 15.3. The van der Waals surface area contributed by atoms with Gasteiger partial charge in [-0.2, -0.15) is 0 Å². The molecule has 1 aromatic carbocycles. The SMILES string of the molecule is COc1c(C)cc(C)cc1/C(O)=C1\C(=O)C(=O)N(Cc2ccncc2)C1c1sccc1C. The molecule has 1 N–H and O–H groups in total. The molecule has 1 aliphatic heterocycles. The molecule has 1 amide bonds. The van der Waals surface area contributed by atoms with E-state index in [9.17, 15) is 14.7 Å². The second-order valence-corrected chi connectivity index (χ2v) is 8.86. The number of ether oxygens (including phenoxy) is 1. The lowest BCUT2D eigenvalue weighted by molar-refractivity contribution is -0.140. The molecule has 2 aromatic heterocycles. The van der Waals surface area contributed by atoms with Crippen LogP contribution in [0.3, 0.4) is 0 Å². The summed E-state index contributed by atoms with van der Waals surface area (Å²) in [6.45, 7) is 5.96. The molecule has 1 unspecified atom stereocenters. The average molecular weight is 449 g/mol. The molecule has 3 heterocycles. The summed E-state index contributed by atoms with van der Waals surface area (Å²) in [5.74, 6) is -1.07. The number of hydrogen-bond donors (Lipinski definition) is 1. The van der Waals surface area contributed by atoms with Crippen LogP contribution in [-0.4, -0.2) is 33.8 Å². The number of thiophene rings is 1. The Morgan fingerprint density at radius 2 is 1.84 bits per heavy atom. The molecule has 1 atom stereocenters. The molecule has 0 aliphatic carbocycles. The summed E-state index contributed by atoms with van der Waals surface area (Å²) in [6.07, 6.45) is 3.30. The molecule has 0 bridgehead atoms. The Hall–Kier alpha value is -3.45. The summed E-state index contributed by atoms with van der Waals surface area (Å²) in [5.41, 5.74) is 4.05. The predicted octanol–water partition coefficient (Wildman–Crippen LogP) is 4.70. The first-order valence-electron chi connectivity index (χ1n) is 10.2. The number of likely N-dealkylation sites (tertiary alicyclic amines) is 1. The zero-order valence-corrected chi connectivity index (χ0v) is 19.2. The van der Waals surface area contributed by atoms with Gasteiger partial charge in [0.1, 0.15) is 17.6 Å². The van der Waals surface area contributed by atoms with E-state index >= 15 is 0 Å². The van der Waals surface area contributed by atoms with E-state index in [2.05, 4.69) is 4.98 Å². The molecule has 7 heteroatoms. The first kappa shape index (κ1) is 21.8. The summed E-state index contributed by atoms with van der Waals surface area (Å²) in [7, 11) is 1.53. The van der Waals surface area contributed by atoms with Crippen LogP contribution in [0.4, 0.5) is 0 Å². The number of ketones is 1. The molecule has 1 fully saturated rings. The summed E-state index contributed by atoms with van der Waals surface area (Å²) in [5, 5.41) is 13.3. The Morgan fingerprint density at radius 3 is 2.47 bits per heavy atom. The molecule has 0 saturated carbocycles. The van der Waals surface area contributed by atoms with Crippen molar-refractivity contribution in [3.63, 3.8) is 0 Å². The molecule has 32 heavy (non-hydrogen) atoms. The van der Waals surface area contributed by atoms with E-state index in [4.69, 9.17) is 4.74 Å². The number of aryl methyl sites for hydroxylation is 3. The number of benzene rings is 1. The molecular formula is C25H24N2O4S. The van der Waals surface area contributed by atoms with E-state index in [1.807, 2.05) is 50.4 Å². The van der Waals surface area contributed by atoms with Crippen LogP contribution in [0.2, 0.25) is 0 Å². The van der Waals surface area contributed by atoms with Gasteiger partial charge < -0.3 is 14.7 Å². The Bertz CT molecular complexity index is 1230. The van der Waals surface area contributed by atoms with Crippen molar-refractivity contribution in [2.45, 2.75) is 33.4 Å². The zero-order chi connectivity index (χ0) is 23.0. The average Bonchev–Trinajstić information content (AvgIpc) is 3.29. The monoisotopic (exact) mass is 448 g/mol. The van der Waals surface area contributed by atoms with Crippen LogP contribution in [-0.2, 0) is 16.1 Å². The van der Waals surface area contributed by atoms with E-state index in [0.717, 1.165) is 27.1 Å². The summed E-state index contributed by atoms with van der Waals surface area (Å²) in [4.78, 5) is 32.8. The van der Waals surface area contributed by atoms with Gasteiger partial charge >= 0.3 is 0 Å². The van der Waals surface area contributed by atoms with Crippen LogP contribution in [0.15, 0.2) is 53.7 Å². The fraction of sp³-hybridized carbons (Fsp3) is 0.240. The lowest BCUT2D eigenvalue weighted by Gasteiger charge is -2.25. The smallest absolute Gasteiger partial charge is 0.295 e. The lowest BCUT2D eigenvalue weighted by Crippen LogP contribution is -2.29. The van der Waals surface area contributed by atoms with Crippen molar-refractivity contribution in [2.24, 2.45) is 0 Å². The normalized spacial score (nSPS) is 17.8. The van der Waals surface area contributed by atoms with Gasteiger partial charge in [-0.05, 0) is 72.7 Å². The second kappa shape index (κ2) is 8.59. The van der Waals surface area contributed by atoms with Crippen molar-refractivity contribution in [1.82, 2.24) is 9.88 Å².